The second-order valence-electron chi connectivity index (χ2n) is 7.41. The number of aliphatic hydroxyl groups is 1. The number of rotatable bonds is 15. The van der Waals surface area contributed by atoms with Crippen LogP contribution < -0.4 is 10.6 Å². The van der Waals surface area contributed by atoms with E-state index < -0.39 is 18.0 Å². The number of esters is 1. The lowest BCUT2D eigenvalue weighted by atomic mass is 9.98. The van der Waals surface area contributed by atoms with Gasteiger partial charge in [-0.25, -0.2) is 0 Å². The molecule has 0 unspecified atom stereocenters. The van der Waals surface area contributed by atoms with Crippen LogP contribution in [0.2, 0.25) is 0 Å². The smallest absolute Gasteiger partial charge is 0.305 e. The fourth-order valence-corrected chi connectivity index (χ4v) is 2.92. The van der Waals surface area contributed by atoms with Crippen molar-refractivity contribution >= 4 is 17.8 Å². The van der Waals surface area contributed by atoms with Crippen LogP contribution in [0.25, 0.3) is 0 Å². The molecule has 7 heteroatoms. The molecule has 0 heterocycles. The summed E-state index contributed by atoms with van der Waals surface area (Å²) in [4.78, 5) is 37.1. The number of benzene rings is 1. The molecule has 3 N–H and O–H groups in total. The van der Waals surface area contributed by atoms with E-state index >= 15 is 0 Å². The lowest BCUT2D eigenvalue weighted by molar-refractivity contribution is -0.145. The van der Waals surface area contributed by atoms with Gasteiger partial charge in [-0.3, -0.25) is 14.4 Å². The first-order valence-electron chi connectivity index (χ1n) is 10.5. The Balaban J connectivity index is 2.81. The van der Waals surface area contributed by atoms with E-state index in [9.17, 15) is 14.4 Å². The minimum absolute atomic E-state index is 0.00275. The van der Waals surface area contributed by atoms with Crippen molar-refractivity contribution in [3.8, 4) is 0 Å². The molecular formula is C24H34N2O5. The van der Waals surface area contributed by atoms with E-state index in [1.165, 1.54) is 0 Å². The number of hydrogen-bond acceptors (Lipinski definition) is 5. The summed E-state index contributed by atoms with van der Waals surface area (Å²) >= 11 is 0. The highest BCUT2D eigenvalue weighted by molar-refractivity contribution is 5.86. The molecule has 0 aliphatic heterocycles. The molecule has 1 rings (SSSR count). The summed E-state index contributed by atoms with van der Waals surface area (Å²) in [5.74, 6) is -1.62. The van der Waals surface area contributed by atoms with Crippen molar-refractivity contribution in [2.24, 2.45) is 5.92 Å². The Morgan fingerprint density at radius 3 is 2.45 bits per heavy atom. The van der Waals surface area contributed by atoms with Gasteiger partial charge in [-0.15, -0.1) is 13.2 Å². The zero-order valence-corrected chi connectivity index (χ0v) is 18.2. The number of unbranched alkanes of at least 4 members (excludes halogenated alkanes) is 1. The number of allylic oxidation sites excluding steroid dienone is 2. The van der Waals surface area contributed by atoms with Crippen molar-refractivity contribution < 1.29 is 24.2 Å². The maximum absolute atomic E-state index is 12.9. The normalized spacial score (nSPS) is 13.4. The van der Waals surface area contributed by atoms with Crippen LogP contribution in [0.15, 0.2) is 55.6 Å². The summed E-state index contributed by atoms with van der Waals surface area (Å²) in [7, 11) is 0. The second kappa shape index (κ2) is 15.0. The van der Waals surface area contributed by atoms with Gasteiger partial charge >= 0.3 is 5.97 Å². The van der Waals surface area contributed by atoms with Crippen LogP contribution in [0.3, 0.4) is 0 Å². The SMILES string of the molecule is C=CCCCC(=O)OC[C@@H](NC(=O)[C@H](CC=C)CC(=O)N[C@@H](C)CO)c1ccccc1. The largest absolute Gasteiger partial charge is 0.463 e. The highest BCUT2D eigenvalue weighted by Gasteiger charge is 2.25. The number of carbonyl (C=O) groups excluding carboxylic acids is 3. The Morgan fingerprint density at radius 1 is 1.13 bits per heavy atom. The van der Waals surface area contributed by atoms with Crippen LogP contribution in [0.1, 0.15) is 50.6 Å². The lowest BCUT2D eigenvalue weighted by Gasteiger charge is -2.23. The maximum Gasteiger partial charge on any atom is 0.305 e. The molecule has 2 amide bonds. The van der Waals surface area contributed by atoms with Gasteiger partial charge < -0.3 is 20.5 Å². The third-order valence-electron chi connectivity index (χ3n) is 4.65. The molecule has 0 saturated carbocycles. The van der Waals surface area contributed by atoms with E-state index in [0.29, 0.717) is 12.8 Å². The van der Waals surface area contributed by atoms with Crippen LogP contribution in [-0.2, 0) is 19.1 Å². The molecule has 1 aromatic rings. The quantitative estimate of drug-likeness (QED) is 0.225. The van der Waals surface area contributed by atoms with Crippen molar-refractivity contribution in [2.45, 2.75) is 51.1 Å². The van der Waals surface area contributed by atoms with E-state index in [0.717, 1.165) is 12.0 Å². The van der Waals surface area contributed by atoms with Gasteiger partial charge in [-0.05, 0) is 31.7 Å². The number of carbonyl (C=O) groups is 3. The zero-order chi connectivity index (χ0) is 23.1. The summed E-state index contributed by atoms with van der Waals surface area (Å²) in [5, 5.41) is 14.6. The van der Waals surface area contributed by atoms with Gasteiger partial charge in [0.1, 0.15) is 6.61 Å². The van der Waals surface area contributed by atoms with Crippen LogP contribution in [0, 0.1) is 5.92 Å². The summed E-state index contributed by atoms with van der Waals surface area (Å²) in [5.41, 5.74) is 0.797. The standard InChI is InChI=1S/C24H34N2O5/c1-4-6-8-14-23(29)31-17-21(19-12-9-7-10-13-19)26-24(30)20(11-5-2)15-22(28)25-18(3)16-27/h4-5,7,9-10,12-13,18,20-21,27H,1-2,6,8,11,14-17H2,3H3,(H,25,28)(H,26,30)/t18-,20+,21+/m0/s1. The first-order chi connectivity index (χ1) is 14.9. The average Bonchev–Trinajstić information content (AvgIpc) is 2.76. The Labute approximate surface area is 184 Å². The first kappa shape index (κ1) is 26.1. The Hall–Kier alpha value is -2.93. The minimum Gasteiger partial charge on any atom is -0.463 e. The van der Waals surface area contributed by atoms with Gasteiger partial charge in [0.25, 0.3) is 0 Å². The topological polar surface area (TPSA) is 105 Å². The Bertz CT molecular complexity index is 720. The molecule has 0 fully saturated rings. The number of hydrogen-bond donors (Lipinski definition) is 3. The predicted octanol–water partition coefficient (Wildman–Crippen LogP) is 2.82. The second-order valence-corrected chi connectivity index (χ2v) is 7.41. The monoisotopic (exact) mass is 430 g/mol. The van der Waals surface area contributed by atoms with E-state index in [4.69, 9.17) is 9.84 Å². The average molecular weight is 431 g/mol. The summed E-state index contributed by atoms with van der Waals surface area (Å²) in [6, 6.07) is 8.29. The van der Waals surface area contributed by atoms with Crippen molar-refractivity contribution in [1.82, 2.24) is 10.6 Å². The van der Waals surface area contributed by atoms with Crippen LogP contribution >= 0.6 is 0 Å². The fraction of sp³-hybridized carbons (Fsp3) is 0.458. The molecule has 7 nitrogen and oxygen atoms in total. The van der Waals surface area contributed by atoms with Gasteiger partial charge in [0.2, 0.25) is 11.8 Å². The third kappa shape index (κ3) is 10.6. The van der Waals surface area contributed by atoms with Gasteiger partial charge in [-0.1, -0.05) is 42.5 Å². The van der Waals surface area contributed by atoms with E-state index in [2.05, 4.69) is 23.8 Å². The minimum atomic E-state index is -0.627. The lowest BCUT2D eigenvalue weighted by Crippen LogP contribution is -2.40. The molecule has 0 bridgehead atoms. The number of nitrogens with one attached hydrogen (secondary N) is 2. The van der Waals surface area contributed by atoms with Crippen molar-refractivity contribution in [3.05, 3.63) is 61.2 Å². The summed E-state index contributed by atoms with van der Waals surface area (Å²) < 4.78 is 5.38. The third-order valence-corrected chi connectivity index (χ3v) is 4.65. The molecule has 3 atom stereocenters. The first-order valence-corrected chi connectivity index (χ1v) is 10.5. The molecule has 0 aliphatic carbocycles. The summed E-state index contributed by atoms with van der Waals surface area (Å²) in [6.45, 7) is 8.79. The van der Waals surface area contributed by atoms with E-state index in [-0.39, 0.29) is 43.8 Å². The van der Waals surface area contributed by atoms with Gasteiger partial charge in [-0.2, -0.15) is 0 Å². The molecule has 0 saturated heterocycles. The molecule has 0 spiro atoms. The molecule has 0 radical (unpaired) electrons. The Morgan fingerprint density at radius 2 is 1.84 bits per heavy atom. The van der Waals surface area contributed by atoms with E-state index in [1.54, 1.807) is 19.1 Å². The van der Waals surface area contributed by atoms with Gasteiger partial charge in [0.15, 0.2) is 0 Å². The van der Waals surface area contributed by atoms with Crippen LogP contribution in [0.4, 0.5) is 0 Å². The van der Waals surface area contributed by atoms with Gasteiger partial charge in [0.05, 0.1) is 18.6 Å². The molecular weight excluding hydrogens is 396 g/mol. The molecule has 31 heavy (non-hydrogen) atoms. The highest BCUT2D eigenvalue weighted by Crippen LogP contribution is 2.17. The van der Waals surface area contributed by atoms with Crippen LogP contribution in [-0.4, -0.2) is 42.1 Å². The van der Waals surface area contributed by atoms with Crippen molar-refractivity contribution in [3.63, 3.8) is 0 Å². The number of ether oxygens (including phenoxy) is 1. The maximum atomic E-state index is 12.9. The number of aliphatic hydroxyl groups excluding tert-OH is 1. The zero-order valence-electron chi connectivity index (χ0n) is 18.2. The predicted molar refractivity (Wildman–Crippen MR) is 120 cm³/mol. The highest BCUT2D eigenvalue weighted by atomic mass is 16.5. The number of amides is 2. The Kier molecular flexibility index (Phi) is 12.6. The van der Waals surface area contributed by atoms with Gasteiger partial charge in [0, 0.05) is 18.9 Å². The summed E-state index contributed by atoms with van der Waals surface area (Å²) in [6.07, 6.45) is 5.29. The van der Waals surface area contributed by atoms with Crippen molar-refractivity contribution in [2.75, 3.05) is 13.2 Å². The molecule has 170 valence electrons. The van der Waals surface area contributed by atoms with E-state index in [1.807, 2.05) is 30.3 Å². The molecule has 0 aromatic heterocycles. The van der Waals surface area contributed by atoms with Crippen LogP contribution in [0.5, 0.6) is 0 Å². The molecule has 0 aliphatic rings. The fourth-order valence-electron chi connectivity index (χ4n) is 2.92. The molecule has 1 aromatic carbocycles. The van der Waals surface area contributed by atoms with Crippen molar-refractivity contribution in [1.29, 1.82) is 0 Å².